The van der Waals surface area contributed by atoms with Crippen LogP contribution in [0.15, 0.2) is 18.0 Å². The van der Waals surface area contributed by atoms with Crippen molar-refractivity contribution in [3.05, 3.63) is 23.8 Å². The maximum atomic E-state index is 12.2. The van der Waals surface area contributed by atoms with Gasteiger partial charge in [0.1, 0.15) is 30.2 Å². The van der Waals surface area contributed by atoms with Crippen LogP contribution >= 0.6 is 0 Å². The minimum absolute atomic E-state index is 0.0511. The first-order chi connectivity index (χ1) is 20.0. The van der Waals surface area contributed by atoms with E-state index in [4.69, 9.17) is 10.5 Å². The summed E-state index contributed by atoms with van der Waals surface area (Å²) in [6, 6.07) is 0. The van der Waals surface area contributed by atoms with Crippen LogP contribution in [0.5, 0.6) is 0 Å². The number of ketones is 1. The summed E-state index contributed by atoms with van der Waals surface area (Å²) < 4.78 is 7.28. The Bertz CT molecular complexity index is 1550. The summed E-state index contributed by atoms with van der Waals surface area (Å²) >= 11 is 0. The molecule has 0 aromatic carbocycles. The molecule has 4 fully saturated rings. The number of aromatic nitrogens is 4. The van der Waals surface area contributed by atoms with Gasteiger partial charge in [-0.15, -0.1) is 0 Å². The summed E-state index contributed by atoms with van der Waals surface area (Å²) in [5, 5.41) is 43.1. The van der Waals surface area contributed by atoms with Gasteiger partial charge in [0.25, 0.3) is 0 Å². The van der Waals surface area contributed by atoms with Crippen LogP contribution in [0.1, 0.15) is 77.3 Å². The largest absolute Gasteiger partial charge is 0.394 e. The molecule has 0 unspecified atom stereocenters. The van der Waals surface area contributed by atoms with Crippen LogP contribution in [0.25, 0.3) is 11.2 Å². The fraction of sp³-hybridized carbons (Fsp3) is 0.677. The van der Waals surface area contributed by atoms with Gasteiger partial charge in [-0.1, -0.05) is 25.3 Å². The zero-order valence-corrected chi connectivity index (χ0v) is 24.0. The number of hydrogen-bond donors (Lipinski definition) is 5. The number of rotatable bonds is 2. The third kappa shape index (κ3) is 3.78. The van der Waals surface area contributed by atoms with Gasteiger partial charge in [0, 0.05) is 11.8 Å². The molecule has 5 aliphatic rings. The minimum atomic E-state index is -1.37. The molecule has 3 saturated carbocycles. The lowest BCUT2D eigenvalue weighted by Gasteiger charge is -2.58. The number of anilines is 1. The highest BCUT2D eigenvalue weighted by Gasteiger charge is 2.63. The zero-order chi connectivity index (χ0) is 29.6. The van der Waals surface area contributed by atoms with Crippen molar-refractivity contribution in [1.82, 2.24) is 19.5 Å². The Morgan fingerprint density at radius 3 is 2.64 bits per heavy atom. The molecule has 11 heteroatoms. The lowest BCUT2D eigenvalue weighted by Crippen LogP contribution is -2.54. The monoisotopic (exact) mass is 577 g/mol. The van der Waals surface area contributed by atoms with Gasteiger partial charge in [0.2, 0.25) is 0 Å². The topological polar surface area (TPSA) is 177 Å². The van der Waals surface area contributed by atoms with Gasteiger partial charge in [-0.3, -0.25) is 9.36 Å². The number of carbonyl (C=O) groups excluding carboxylic acids is 1. The molecular formula is C31H39N5O6. The van der Waals surface area contributed by atoms with Gasteiger partial charge in [-0.2, -0.15) is 0 Å². The van der Waals surface area contributed by atoms with Crippen LogP contribution in [0, 0.1) is 40.4 Å². The third-order valence-corrected chi connectivity index (χ3v) is 11.8. The molecule has 6 N–H and O–H groups in total. The summed E-state index contributed by atoms with van der Waals surface area (Å²) in [6.07, 6.45) is 5.12. The maximum Gasteiger partial charge on any atom is 0.190 e. The van der Waals surface area contributed by atoms with Crippen molar-refractivity contribution in [3.63, 3.8) is 0 Å². The molecule has 11 nitrogen and oxygen atoms in total. The second kappa shape index (κ2) is 9.56. The fourth-order valence-corrected chi connectivity index (χ4v) is 9.29. The van der Waals surface area contributed by atoms with Crippen molar-refractivity contribution in [1.29, 1.82) is 0 Å². The number of ether oxygens (including phenoxy) is 1. The summed E-state index contributed by atoms with van der Waals surface area (Å²) in [5.41, 5.74) is 6.33. The normalized spacial score (nSPS) is 42.9. The van der Waals surface area contributed by atoms with Gasteiger partial charge < -0.3 is 30.9 Å². The van der Waals surface area contributed by atoms with E-state index in [9.17, 15) is 25.2 Å². The third-order valence-electron chi connectivity index (χ3n) is 11.8. The minimum Gasteiger partial charge on any atom is -0.394 e. The Morgan fingerprint density at radius 1 is 1.10 bits per heavy atom. The van der Waals surface area contributed by atoms with Crippen LogP contribution in [0.2, 0.25) is 0 Å². The number of nitrogens with two attached hydrogens (primary N) is 1. The van der Waals surface area contributed by atoms with Crippen molar-refractivity contribution in [3.8, 4) is 11.8 Å². The zero-order valence-electron chi connectivity index (χ0n) is 24.0. The van der Waals surface area contributed by atoms with Crippen LogP contribution < -0.4 is 5.73 Å². The Labute approximate surface area is 244 Å². The summed E-state index contributed by atoms with van der Waals surface area (Å²) in [5.74, 6) is 8.13. The predicted octanol–water partition coefficient (Wildman–Crippen LogP) is 1.63. The van der Waals surface area contributed by atoms with E-state index in [0.717, 1.165) is 38.5 Å². The molecule has 0 spiro atoms. The van der Waals surface area contributed by atoms with E-state index >= 15 is 0 Å². The molecule has 224 valence electrons. The van der Waals surface area contributed by atoms with E-state index in [-0.39, 0.29) is 34.0 Å². The Kier molecular flexibility index (Phi) is 6.36. The molecule has 2 aromatic heterocycles. The van der Waals surface area contributed by atoms with Crippen LogP contribution in [-0.4, -0.2) is 76.2 Å². The fourth-order valence-electron chi connectivity index (χ4n) is 9.29. The number of nitrogen functional groups attached to an aromatic ring is 1. The highest BCUT2D eigenvalue weighted by molar-refractivity contribution is 5.91. The first-order valence-electron chi connectivity index (χ1n) is 15.1. The van der Waals surface area contributed by atoms with Crippen molar-refractivity contribution in [2.24, 2.45) is 28.6 Å². The quantitative estimate of drug-likeness (QED) is 0.330. The number of aliphatic hydroxyl groups excluding tert-OH is 3. The standard InChI is InChI=1S/C31H39N5O6/c1-29-9-5-17(38)13-16(29)3-4-18-19(29)6-10-30(2)20(18)7-11-31(30,41)12-8-22-35-23-26(32)33-15-34-27(23)36(22)28-25(40)24(39)21(14-37)42-28/h13,15,18-21,24-25,28,37,39-41H,3-7,9-11,14H2,1-2H3,(H2,32,33,34)/t18-,19+,20+,21-,24-,25-,28-,29+,30+,31-/m1/s1. The van der Waals surface area contributed by atoms with Gasteiger partial charge >= 0.3 is 0 Å². The second-order valence-corrected chi connectivity index (χ2v) is 13.5. The van der Waals surface area contributed by atoms with E-state index in [2.05, 4.69) is 40.6 Å². The molecule has 10 atom stereocenters. The van der Waals surface area contributed by atoms with E-state index in [1.165, 1.54) is 16.5 Å². The van der Waals surface area contributed by atoms with Crippen molar-refractivity contribution in [2.45, 2.75) is 95.4 Å². The SMILES string of the molecule is C[C@]12CCC(=O)C=C1CC[C@@H]1[C@@H]2CC[C@@]2(C)[C@H]1CC[C@@]2(O)C#Cc1nc2c(N)ncnc2n1[C@@H]1O[C@H](CO)[C@@H](O)[C@H]1O. The highest BCUT2D eigenvalue weighted by Crippen LogP contribution is 2.67. The van der Waals surface area contributed by atoms with Gasteiger partial charge in [-0.05, 0) is 80.1 Å². The average Bonchev–Trinajstić information content (AvgIpc) is 3.57. The smallest absolute Gasteiger partial charge is 0.190 e. The van der Waals surface area contributed by atoms with Crippen LogP contribution in [-0.2, 0) is 9.53 Å². The molecule has 2 aromatic rings. The van der Waals surface area contributed by atoms with E-state index in [0.29, 0.717) is 30.6 Å². The predicted molar refractivity (Wildman–Crippen MR) is 151 cm³/mol. The lowest BCUT2D eigenvalue weighted by molar-refractivity contribution is -0.119. The number of allylic oxidation sites excluding steroid dienone is 1. The van der Waals surface area contributed by atoms with Crippen molar-refractivity contribution < 1.29 is 30.0 Å². The number of hydrogen-bond acceptors (Lipinski definition) is 10. The Morgan fingerprint density at radius 2 is 1.88 bits per heavy atom. The first kappa shape index (κ1) is 27.9. The molecular weight excluding hydrogens is 538 g/mol. The number of carbonyl (C=O) groups is 1. The molecule has 0 bridgehead atoms. The molecule has 3 heterocycles. The second-order valence-electron chi connectivity index (χ2n) is 13.5. The molecule has 1 saturated heterocycles. The molecule has 7 rings (SSSR count). The Balaban J connectivity index is 1.24. The van der Waals surface area contributed by atoms with Gasteiger partial charge in [-0.25, -0.2) is 15.0 Å². The van der Waals surface area contributed by atoms with Gasteiger partial charge in [0.05, 0.1) is 6.61 Å². The molecule has 4 aliphatic carbocycles. The molecule has 42 heavy (non-hydrogen) atoms. The maximum absolute atomic E-state index is 12.2. The number of imidazole rings is 1. The number of aliphatic hydroxyl groups is 4. The molecule has 0 amide bonds. The van der Waals surface area contributed by atoms with E-state index < -0.39 is 42.2 Å². The lowest BCUT2D eigenvalue weighted by atomic mass is 9.46. The summed E-state index contributed by atoms with van der Waals surface area (Å²) in [7, 11) is 0. The summed E-state index contributed by atoms with van der Waals surface area (Å²) in [4.78, 5) is 25.1. The molecule has 1 aliphatic heterocycles. The number of fused-ring (bicyclic) bond motifs is 6. The molecule has 0 radical (unpaired) electrons. The van der Waals surface area contributed by atoms with E-state index in [1.54, 1.807) is 0 Å². The van der Waals surface area contributed by atoms with Gasteiger partial charge in [0.15, 0.2) is 34.8 Å². The van der Waals surface area contributed by atoms with Crippen LogP contribution in [0.4, 0.5) is 5.82 Å². The Hall–Kier alpha value is -2.88. The average molecular weight is 578 g/mol. The van der Waals surface area contributed by atoms with Crippen molar-refractivity contribution >= 4 is 22.8 Å². The van der Waals surface area contributed by atoms with E-state index in [1.807, 2.05) is 6.08 Å². The van der Waals surface area contributed by atoms with Crippen molar-refractivity contribution in [2.75, 3.05) is 12.3 Å². The summed E-state index contributed by atoms with van der Waals surface area (Å²) in [6.45, 7) is 4.04. The van der Waals surface area contributed by atoms with Crippen LogP contribution in [0.3, 0.4) is 0 Å². The first-order valence-corrected chi connectivity index (χ1v) is 15.1. The highest BCUT2D eigenvalue weighted by atomic mass is 16.6. The number of nitrogens with zero attached hydrogens (tertiary/aromatic N) is 4.